The number of isothiocyanates is 1. The van der Waals surface area contributed by atoms with Gasteiger partial charge < -0.3 is 4.74 Å². The smallest absolute Gasteiger partial charge is 0.133 e. The molecule has 0 amide bonds. The van der Waals surface area contributed by atoms with Gasteiger partial charge in [0, 0.05) is 11.7 Å². The first-order chi connectivity index (χ1) is 8.31. The van der Waals surface area contributed by atoms with Crippen LogP contribution in [0.3, 0.4) is 0 Å². The van der Waals surface area contributed by atoms with Crippen LogP contribution < -0.4 is 4.74 Å². The highest BCUT2D eigenvalue weighted by Gasteiger charge is 2.11. The Labute approximate surface area is 111 Å². The second-order valence-electron chi connectivity index (χ2n) is 3.30. The molecule has 0 aliphatic carbocycles. The first-order valence-corrected chi connectivity index (χ1v) is 6.39. The van der Waals surface area contributed by atoms with Crippen molar-refractivity contribution in [1.82, 2.24) is 0 Å². The second kappa shape index (κ2) is 7.86. The first-order valence-electron chi connectivity index (χ1n) is 5.00. The van der Waals surface area contributed by atoms with E-state index in [1.807, 2.05) is 24.3 Å². The fourth-order valence-corrected chi connectivity index (χ4v) is 2.06. The Hall–Kier alpha value is -1.34. The van der Waals surface area contributed by atoms with Crippen LogP contribution in [0.4, 0.5) is 0 Å². The Morgan fingerprint density at radius 3 is 2.71 bits per heavy atom. The van der Waals surface area contributed by atoms with Crippen molar-refractivity contribution in [3.05, 3.63) is 29.8 Å². The van der Waals surface area contributed by atoms with Gasteiger partial charge in [-0.05, 0) is 41.7 Å². The van der Waals surface area contributed by atoms with Crippen LogP contribution in [-0.2, 0) is 0 Å². The number of ether oxygens (including phenoxy) is 1. The fourth-order valence-electron chi connectivity index (χ4n) is 1.42. The zero-order chi connectivity index (χ0) is 12.5. The molecule has 88 valence electrons. The van der Waals surface area contributed by atoms with Crippen molar-refractivity contribution in [3.8, 4) is 11.2 Å². The van der Waals surface area contributed by atoms with Crippen molar-refractivity contribution in [1.29, 1.82) is 5.26 Å². The van der Waals surface area contributed by atoms with E-state index in [-0.39, 0.29) is 5.92 Å². The van der Waals surface area contributed by atoms with Crippen LogP contribution in [0.25, 0.3) is 0 Å². The molecule has 17 heavy (non-hydrogen) atoms. The van der Waals surface area contributed by atoms with Gasteiger partial charge in [0.2, 0.25) is 0 Å². The lowest BCUT2D eigenvalue weighted by Crippen LogP contribution is -2.05. The quantitative estimate of drug-likeness (QED) is 0.450. The number of rotatable bonds is 6. The lowest BCUT2D eigenvalue weighted by Gasteiger charge is -2.12. The standard InChI is InChI=1S/C12H12N2OS2/c1-15-12-4-2-10(3-5-12)11(6-14-9-16)7-17-8-13/h2-5,11H,6-7H2,1H3. The minimum Gasteiger partial charge on any atom is -0.497 e. The van der Waals surface area contributed by atoms with Gasteiger partial charge in [-0.25, -0.2) is 4.99 Å². The van der Waals surface area contributed by atoms with E-state index in [1.165, 1.54) is 11.8 Å². The molecule has 0 heterocycles. The molecule has 1 atom stereocenters. The van der Waals surface area contributed by atoms with E-state index in [0.29, 0.717) is 12.3 Å². The molecule has 1 aromatic rings. The molecular weight excluding hydrogens is 252 g/mol. The van der Waals surface area contributed by atoms with Gasteiger partial charge in [0.05, 0.1) is 18.8 Å². The third kappa shape index (κ3) is 4.58. The van der Waals surface area contributed by atoms with Crippen LogP contribution >= 0.6 is 24.0 Å². The molecule has 0 saturated heterocycles. The molecule has 0 radical (unpaired) electrons. The summed E-state index contributed by atoms with van der Waals surface area (Å²) < 4.78 is 5.10. The van der Waals surface area contributed by atoms with Crippen molar-refractivity contribution in [2.24, 2.45) is 4.99 Å². The topological polar surface area (TPSA) is 45.4 Å². The molecular formula is C12H12N2OS2. The van der Waals surface area contributed by atoms with Crippen LogP contribution in [0.1, 0.15) is 11.5 Å². The van der Waals surface area contributed by atoms with Crippen molar-refractivity contribution < 1.29 is 4.74 Å². The average Bonchev–Trinajstić information content (AvgIpc) is 2.39. The van der Waals surface area contributed by atoms with Crippen LogP contribution in [-0.4, -0.2) is 24.6 Å². The molecule has 1 unspecified atom stereocenters. The van der Waals surface area contributed by atoms with E-state index >= 15 is 0 Å². The SMILES string of the molecule is COc1ccc(C(CN=C=S)CSC#N)cc1. The summed E-state index contributed by atoms with van der Waals surface area (Å²) in [6, 6.07) is 7.78. The minimum absolute atomic E-state index is 0.181. The zero-order valence-electron chi connectivity index (χ0n) is 9.42. The van der Waals surface area contributed by atoms with Gasteiger partial charge in [0.25, 0.3) is 0 Å². The molecule has 0 aliphatic heterocycles. The van der Waals surface area contributed by atoms with E-state index in [9.17, 15) is 0 Å². The van der Waals surface area contributed by atoms with Crippen molar-refractivity contribution in [2.45, 2.75) is 5.92 Å². The Kier molecular flexibility index (Phi) is 6.34. The maximum atomic E-state index is 8.60. The highest BCUT2D eigenvalue weighted by atomic mass is 32.2. The Bertz CT molecular complexity index is 433. The number of methoxy groups -OCH3 is 1. The minimum atomic E-state index is 0.181. The fraction of sp³-hybridized carbons (Fsp3) is 0.333. The second-order valence-corrected chi connectivity index (χ2v) is 4.29. The first kappa shape index (κ1) is 13.7. The monoisotopic (exact) mass is 264 g/mol. The third-order valence-corrected chi connectivity index (χ3v) is 3.14. The summed E-state index contributed by atoms with van der Waals surface area (Å²) >= 11 is 5.79. The van der Waals surface area contributed by atoms with Gasteiger partial charge in [-0.2, -0.15) is 5.26 Å². The maximum absolute atomic E-state index is 8.60. The Morgan fingerprint density at radius 1 is 1.47 bits per heavy atom. The summed E-state index contributed by atoms with van der Waals surface area (Å²) in [5.41, 5.74) is 1.13. The third-order valence-electron chi connectivity index (χ3n) is 2.31. The summed E-state index contributed by atoms with van der Waals surface area (Å²) in [6.07, 6.45) is 0. The molecule has 5 heteroatoms. The van der Waals surface area contributed by atoms with Crippen molar-refractivity contribution in [2.75, 3.05) is 19.4 Å². The summed E-state index contributed by atoms with van der Waals surface area (Å²) in [4.78, 5) is 3.95. The summed E-state index contributed by atoms with van der Waals surface area (Å²) in [7, 11) is 1.63. The number of thiocarbonyl (C=S) groups is 1. The van der Waals surface area contributed by atoms with Gasteiger partial charge in [0.1, 0.15) is 11.2 Å². The molecule has 0 N–H and O–H groups in total. The number of nitrogens with zero attached hydrogens (tertiary/aromatic N) is 2. The van der Waals surface area contributed by atoms with Gasteiger partial charge in [-0.15, -0.1) is 0 Å². The number of hydrogen-bond donors (Lipinski definition) is 0. The van der Waals surface area contributed by atoms with Crippen LogP contribution in [0.15, 0.2) is 29.3 Å². The largest absolute Gasteiger partial charge is 0.497 e. The normalized spacial score (nSPS) is 11.1. The number of thioether (sulfide) groups is 1. The Morgan fingerprint density at radius 2 is 2.18 bits per heavy atom. The van der Waals surface area contributed by atoms with Crippen LogP contribution in [0, 0.1) is 10.7 Å². The van der Waals surface area contributed by atoms with E-state index in [0.717, 1.165) is 11.3 Å². The van der Waals surface area contributed by atoms with Crippen molar-refractivity contribution in [3.63, 3.8) is 0 Å². The molecule has 1 rings (SSSR count). The molecule has 1 aromatic carbocycles. The highest BCUT2D eigenvalue weighted by Crippen LogP contribution is 2.23. The van der Waals surface area contributed by atoms with E-state index in [2.05, 4.69) is 27.8 Å². The highest BCUT2D eigenvalue weighted by molar-refractivity contribution is 8.03. The number of benzene rings is 1. The Balaban J connectivity index is 2.79. The van der Waals surface area contributed by atoms with Gasteiger partial charge in [-0.1, -0.05) is 12.1 Å². The summed E-state index contributed by atoms with van der Waals surface area (Å²) in [6.45, 7) is 0.560. The number of thiocyanates is 1. The number of aliphatic imine (C=N–C) groups is 1. The maximum Gasteiger partial charge on any atom is 0.133 e. The molecule has 3 nitrogen and oxygen atoms in total. The predicted octanol–water partition coefficient (Wildman–Crippen LogP) is 3.10. The molecule has 0 aliphatic rings. The predicted molar refractivity (Wildman–Crippen MR) is 73.7 cm³/mol. The number of hydrogen-bond acceptors (Lipinski definition) is 5. The van der Waals surface area contributed by atoms with Gasteiger partial charge in [0.15, 0.2) is 0 Å². The molecule has 0 bridgehead atoms. The van der Waals surface area contributed by atoms with Gasteiger partial charge in [-0.3, -0.25) is 0 Å². The van der Waals surface area contributed by atoms with E-state index in [4.69, 9.17) is 10.00 Å². The lowest BCUT2D eigenvalue weighted by atomic mass is 10.0. The van der Waals surface area contributed by atoms with Crippen LogP contribution in [0.5, 0.6) is 5.75 Å². The van der Waals surface area contributed by atoms with Crippen LogP contribution in [0.2, 0.25) is 0 Å². The summed E-state index contributed by atoms with van der Waals surface area (Å²) in [5.74, 6) is 1.70. The molecule has 0 aromatic heterocycles. The average molecular weight is 264 g/mol. The number of nitriles is 1. The van der Waals surface area contributed by atoms with Gasteiger partial charge >= 0.3 is 0 Å². The lowest BCUT2D eigenvalue weighted by molar-refractivity contribution is 0.414. The van der Waals surface area contributed by atoms with E-state index < -0.39 is 0 Å². The summed E-state index contributed by atoms with van der Waals surface area (Å²) in [5, 5.41) is 13.0. The molecule has 0 fully saturated rings. The van der Waals surface area contributed by atoms with Crippen molar-refractivity contribution >= 4 is 29.1 Å². The van der Waals surface area contributed by atoms with E-state index in [1.54, 1.807) is 7.11 Å². The zero-order valence-corrected chi connectivity index (χ0v) is 11.1. The molecule has 0 saturated carbocycles. The molecule has 0 spiro atoms.